The Balaban J connectivity index is 2.28. The quantitative estimate of drug-likeness (QED) is 0.645. The van der Waals surface area contributed by atoms with Gasteiger partial charge in [0.2, 0.25) is 0 Å². The largest absolute Gasteiger partial charge is 0.372 e. The lowest BCUT2D eigenvalue weighted by atomic mass is 10.1. The highest BCUT2D eigenvalue weighted by atomic mass is 15.1. The summed E-state index contributed by atoms with van der Waals surface area (Å²) in [4.78, 5) is 2.37. The van der Waals surface area contributed by atoms with Gasteiger partial charge in [-0.3, -0.25) is 0 Å². The molecule has 0 saturated heterocycles. The second-order valence-electron chi connectivity index (χ2n) is 5.40. The van der Waals surface area contributed by atoms with Gasteiger partial charge < -0.3 is 4.90 Å². The maximum Gasteiger partial charge on any atom is 0.0372 e. The van der Waals surface area contributed by atoms with Gasteiger partial charge in [-0.25, -0.2) is 0 Å². The van der Waals surface area contributed by atoms with Gasteiger partial charge in [0.1, 0.15) is 0 Å². The Hall–Kier alpha value is -2.28. The molecular formula is C21H25N. The number of hydrogen-bond donors (Lipinski definition) is 0. The van der Waals surface area contributed by atoms with Crippen molar-refractivity contribution >= 4 is 12.2 Å². The van der Waals surface area contributed by atoms with Crippen LogP contribution >= 0.6 is 0 Å². The molecule has 0 N–H and O–H groups in total. The number of benzene rings is 2. The summed E-state index contributed by atoms with van der Waals surface area (Å²) in [6, 6.07) is 19.1. The minimum absolute atomic E-state index is 1.01. The second kappa shape index (κ2) is 8.23. The van der Waals surface area contributed by atoms with Crippen molar-refractivity contribution < 1.29 is 0 Å². The number of hydrogen-bond acceptors (Lipinski definition) is 1. The highest BCUT2D eigenvalue weighted by Gasteiger charge is 2.02. The first-order valence-corrected chi connectivity index (χ1v) is 7.99. The Kier molecular flexibility index (Phi) is 6.02. The summed E-state index contributed by atoms with van der Waals surface area (Å²) in [7, 11) is 0. The van der Waals surface area contributed by atoms with E-state index in [0.717, 1.165) is 13.1 Å². The first kappa shape index (κ1) is 16.1. The maximum absolute atomic E-state index is 2.37. The molecule has 0 radical (unpaired) electrons. The van der Waals surface area contributed by atoms with Crippen molar-refractivity contribution in [3.63, 3.8) is 0 Å². The topological polar surface area (TPSA) is 3.24 Å². The second-order valence-corrected chi connectivity index (χ2v) is 5.40. The van der Waals surface area contributed by atoms with Crippen LogP contribution in [0.15, 0.2) is 66.4 Å². The Morgan fingerprint density at radius 2 is 1.50 bits per heavy atom. The van der Waals surface area contributed by atoms with Crippen molar-refractivity contribution in [1.82, 2.24) is 4.90 Å². The molecule has 0 spiro atoms. The van der Waals surface area contributed by atoms with Gasteiger partial charge in [-0.1, -0.05) is 66.2 Å². The van der Waals surface area contributed by atoms with Gasteiger partial charge in [0.15, 0.2) is 0 Å². The molecule has 0 saturated carbocycles. The van der Waals surface area contributed by atoms with Crippen LogP contribution in [0.25, 0.3) is 12.2 Å². The predicted molar refractivity (Wildman–Crippen MR) is 97.6 cm³/mol. The van der Waals surface area contributed by atoms with Crippen LogP contribution < -0.4 is 0 Å². The summed E-state index contributed by atoms with van der Waals surface area (Å²) >= 11 is 0. The number of rotatable bonds is 6. The summed E-state index contributed by atoms with van der Waals surface area (Å²) in [6.07, 6.45) is 6.65. The van der Waals surface area contributed by atoms with E-state index >= 15 is 0 Å². The van der Waals surface area contributed by atoms with Crippen LogP contribution in [0.4, 0.5) is 0 Å². The van der Waals surface area contributed by atoms with Crippen molar-refractivity contribution in [2.45, 2.75) is 20.8 Å². The molecule has 0 aliphatic carbocycles. The Morgan fingerprint density at radius 1 is 0.864 bits per heavy atom. The van der Waals surface area contributed by atoms with Gasteiger partial charge in [-0.15, -0.1) is 0 Å². The molecule has 0 unspecified atom stereocenters. The average molecular weight is 291 g/mol. The van der Waals surface area contributed by atoms with Gasteiger partial charge in [-0.2, -0.15) is 0 Å². The monoisotopic (exact) mass is 291 g/mol. The van der Waals surface area contributed by atoms with Crippen LogP contribution in [0.5, 0.6) is 0 Å². The molecule has 0 aromatic heterocycles. The Bertz CT molecular complexity index is 617. The average Bonchev–Trinajstić information content (AvgIpc) is 2.56. The molecule has 1 heteroatoms. The predicted octanol–water partition coefficient (Wildman–Crippen LogP) is 5.39. The molecule has 0 fully saturated rings. The number of aryl methyl sites for hydroxylation is 1. The first-order chi connectivity index (χ1) is 10.7. The van der Waals surface area contributed by atoms with E-state index in [2.05, 4.69) is 98.5 Å². The lowest BCUT2D eigenvalue weighted by Gasteiger charge is -2.22. The van der Waals surface area contributed by atoms with Crippen LogP contribution in [0.2, 0.25) is 0 Å². The molecular weight excluding hydrogens is 266 g/mol. The fourth-order valence-corrected chi connectivity index (χ4v) is 2.41. The van der Waals surface area contributed by atoms with Crippen molar-refractivity contribution in [2.75, 3.05) is 13.1 Å². The van der Waals surface area contributed by atoms with Crippen molar-refractivity contribution in [3.8, 4) is 0 Å². The van der Waals surface area contributed by atoms with E-state index in [1.54, 1.807) is 0 Å². The van der Waals surface area contributed by atoms with Gasteiger partial charge >= 0.3 is 0 Å². The summed E-state index contributed by atoms with van der Waals surface area (Å²) in [5.74, 6) is 0. The standard InChI is InChI=1S/C21H25N/c1-4-22(5-2)21(17-20-9-7-6-8-10-20)16-15-19-13-11-18(3)12-14-19/h6-17H,4-5H2,1-3H3. The molecule has 0 amide bonds. The number of allylic oxidation sites excluding steroid dienone is 1. The third kappa shape index (κ3) is 4.63. The molecule has 0 aliphatic heterocycles. The summed E-state index contributed by atoms with van der Waals surface area (Å²) in [5.41, 5.74) is 5.01. The maximum atomic E-state index is 2.37. The van der Waals surface area contributed by atoms with E-state index in [9.17, 15) is 0 Å². The van der Waals surface area contributed by atoms with Gasteiger partial charge in [0, 0.05) is 18.8 Å². The molecule has 0 atom stereocenters. The van der Waals surface area contributed by atoms with Gasteiger partial charge in [0.05, 0.1) is 0 Å². The van der Waals surface area contributed by atoms with Crippen LogP contribution in [0, 0.1) is 6.92 Å². The normalized spacial score (nSPS) is 11.9. The molecule has 114 valence electrons. The zero-order valence-corrected chi connectivity index (χ0v) is 13.8. The van der Waals surface area contributed by atoms with Crippen molar-refractivity contribution in [2.24, 2.45) is 0 Å². The molecule has 0 aliphatic rings. The molecule has 0 heterocycles. The third-order valence-corrected chi connectivity index (χ3v) is 3.77. The van der Waals surface area contributed by atoms with Gasteiger partial charge in [0.25, 0.3) is 0 Å². The SMILES string of the molecule is CCN(CC)C(C=Cc1ccc(C)cc1)=Cc1ccccc1. The lowest BCUT2D eigenvalue weighted by molar-refractivity contribution is 0.398. The van der Waals surface area contributed by atoms with E-state index in [1.807, 2.05) is 0 Å². The zero-order chi connectivity index (χ0) is 15.8. The fraction of sp³-hybridized carbons (Fsp3) is 0.238. The molecule has 1 nitrogen and oxygen atoms in total. The van der Waals surface area contributed by atoms with Crippen LogP contribution in [0.1, 0.15) is 30.5 Å². The molecule has 2 rings (SSSR count). The number of likely N-dealkylation sites (N-methyl/N-ethyl adjacent to an activating group) is 1. The lowest BCUT2D eigenvalue weighted by Crippen LogP contribution is -2.20. The molecule has 2 aromatic carbocycles. The Labute approximate surface area is 134 Å². The highest BCUT2D eigenvalue weighted by molar-refractivity contribution is 5.61. The fourth-order valence-electron chi connectivity index (χ4n) is 2.41. The van der Waals surface area contributed by atoms with Crippen LogP contribution in [0.3, 0.4) is 0 Å². The number of nitrogens with zero attached hydrogens (tertiary/aromatic N) is 1. The summed E-state index contributed by atoms with van der Waals surface area (Å²) in [6.45, 7) is 8.52. The summed E-state index contributed by atoms with van der Waals surface area (Å²) < 4.78 is 0. The van der Waals surface area contributed by atoms with E-state index in [4.69, 9.17) is 0 Å². The van der Waals surface area contributed by atoms with E-state index in [1.165, 1.54) is 22.4 Å². The van der Waals surface area contributed by atoms with Crippen molar-refractivity contribution in [3.05, 3.63) is 83.1 Å². The molecule has 0 bridgehead atoms. The molecule has 2 aromatic rings. The van der Waals surface area contributed by atoms with E-state index in [0.29, 0.717) is 0 Å². The molecule has 22 heavy (non-hydrogen) atoms. The zero-order valence-electron chi connectivity index (χ0n) is 13.8. The van der Waals surface area contributed by atoms with Crippen molar-refractivity contribution in [1.29, 1.82) is 0 Å². The third-order valence-electron chi connectivity index (χ3n) is 3.77. The van der Waals surface area contributed by atoms with Gasteiger partial charge in [-0.05, 0) is 44.1 Å². The van der Waals surface area contributed by atoms with E-state index < -0.39 is 0 Å². The Morgan fingerprint density at radius 3 is 2.09 bits per heavy atom. The highest BCUT2D eigenvalue weighted by Crippen LogP contribution is 2.15. The van der Waals surface area contributed by atoms with Crippen LogP contribution in [-0.4, -0.2) is 18.0 Å². The smallest absolute Gasteiger partial charge is 0.0372 e. The van der Waals surface area contributed by atoms with E-state index in [-0.39, 0.29) is 0 Å². The minimum Gasteiger partial charge on any atom is -0.372 e. The minimum atomic E-state index is 1.01. The summed E-state index contributed by atoms with van der Waals surface area (Å²) in [5, 5.41) is 0. The van der Waals surface area contributed by atoms with Crippen LogP contribution in [-0.2, 0) is 0 Å². The first-order valence-electron chi connectivity index (χ1n) is 7.99.